The van der Waals surface area contributed by atoms with Gasteiger partial charge in [-0.05, 0) is 18.2 Å². The summed E-state index contributed by atoms with van der Waals surface area (Å²) in [6, 6.07) is 4.32. The molecule has 0 radical (unpaired) electrons. The van der Waals surface area contributed by atoms with Crippen LogP contribution in [0.5, 0.6) is 5.75 Å². The molecule has 5 nitrogen and oxygen atoms in total. The summed E-state index contributed by atoms with van der Waals surface area (Å²) in [4.78, 5) is 11.8. The molecule has 0 saturated heterocycles. The van der Waals surface area contributed by atoms with Crippen LogP contribution < -0.4 is 5.32 Å². The number of aromatic hydroxyl groups is 1. The normalized spacial score (nSPS) is 10.1. The summed E-state index contributed by atoms with van der Waals surface area (Å²) in [5.41, 5.74) is 0.731. The zero-order chi connectivity index (χ0) is 13.1. The molecule has 0 atom stereocenters. The molecular weight excluding hydrogens is 277 g/mol. The third-order valence-electron chi connectivity index (χ3n) is 2.12. The van der Waals surface area contributed by atoms with E-state index in [2.05, 4.69) is 15.5 Å². The average Bonchev–Trinajstić information content (AvgIpc) is 2.37. The molecule has 0 saturated carbocycles. The minimum atomic E-state index is -0.372. The van der Waals surface area contributed by atoms with Gasteiger partial charge in [0.15, 0.2) is 5.75 Å². The summed E-state index contributed by atoms with van der Waals surface area (Å²) in [5.74, 6) is -0.593. The highest BCUT2D eigenvalue weighted by Gasteiger charge is 2.10. The molecule has 0 fully saturated rings. The molecule has 0 spiro atoms. The van der Waals surface area contributed by atoms with Crippen LogP contribution in [0, 0.1) is 0 Å². The van der Waals surface area contributed by atoms with Gasteiger partial charge in [-0.1, -0.05) is 23.2 Å². The van der Waals surface area contributed by atoms with Crippen LogP contribution in [0.1, 0.15) is 10.4 Å². The third-order valence-corrected chi connectivity index (χ3v) is 2.70. The van der Waals surface area contributed by atoms with E-state index in [1.165, 1.54) is 30.6 Å². The van der Waals surface area contributed by atoms with E-state index in [0.29, 0.717) is 11.3 Å². The van der Waals surface area contributed by atoms with Crippen molar-refractivity contribution < 1.29 is 9.90 Å². The van der Waals surface area contributed by atoms with Crippen molar-refractivity contribution in [3.63, 3.8) is 0 Å². The number of aromatic nitrogens is 2. The van der Waals surface area contributed by atoms with Crippen LogP contribution in [0.4, 0.5) is 5.69 Å². The van der Waals surface area contributed by atoms with Crippen molar-refractivity contribution >= 4 is 34.8 Å². The Kier molecular flexibility index (Phi) is 3.64. The van der Waals surface area contributed by atoms with Crippen LogP contribution in [0.25, 0.3) is 0 Å². The second-order valence-corrected chi connectivity index (χ2v) is 4.19. The maximum absolute atomic E-state index is 11.8. The Morgan fingerprint density at radius 1 is 1.22 bits per heavy atom. The Hall–Kier alpha value is -1.85. The van der Waals surface area contributed by atoms with E-state index in [1.54, 1.807) is 0 Å². The Morgan fingerprint density at radius 3 is 2.44 bits per heavy atom. The Bertz CT molecular complexity index is 567. The molecule has 7 heteroatoms. The second kappa shape index (κ2) is 5.20. The highest BCUT2D eigenvalue weighted by atomic mass is 35.5. The Labute approximate surface area is 112 Å². The lowest BCUT2D eigenvalue weighted by atomic mass is 10.2. The predicted molar refractivity (Wildman–Crippen MR) is 68.1 cm³/mol. The molecule has 0 aliphatic rings. The molecular formula is C11H7Cl2N3O2. The molecule has 0 aliphatic heterocycles. The largest absolute Gasteiger partial charge is 0.505 e. The number of amides is 1. The molecule has 92 valence electrons. The minimum Gasteiger partial charge on any atom is -0.505 e. The maximum atomic E-state index is 11.8. The number of carbonyl (C=O) groups excluding carboxylic acids is 1. The fourth-order valence-electron chi connectivity index (χ4n) is 1.27. The Morgan fingerprint density at radius 2 is 1.89 bits per heavy atom. The maximum Gasteiger partial charge on any atom is 0.257 e. The summed E-state index contributed by atoms with van der Waals surface area (Å²) in [7, 11) is 0. The van der Waals surface area contributed by atoms with Gasteiger partial charge in [-0.25, -0.2) is 0 Å². The number of nitrogens with one attached hydrogen (secondary N) is 1. The number of hydrogen-bond acceptors (Lipinski definition) is 4. The first-order valence-electron chi connectivity index (χ1n) is 4.84. The van der Waals surface area contributed by atoms with Crippen molar-refractivity contribution in [3.8, 4) is 5.75 Å². The van der Waals surface area contributed by atoms with Gasteiger partial charge in [0.1, 0.15) is 0 Å². The highest BCUT2D eigenvalue weighted by molar-refractivity contribution is 6.37. The van der Waals surface area contributed by atoms with Crippen molar-refractivity contribution in [1.82, 2.24) is 10.2 Å². The number of phenolic OH excluding ortho intramolecular Hbond substituents is 1. The van der Waals surface area contributed by atoms with E-state index in [9.17, 15) is 9.90 Å². The lowest BCUT2D eigenvalue weighted by Gasteiger charge is -2.07. The molecule has 1 amide bonds. The van der Waals surface area contributed by atoms with E-state index in [-0.39, 0.29) is 21.7 Å². The number of carbonyl (C=O) groups is 1. The molecule has 0 unspecified atom stereocenters. The molecule has 0 aliphatic carbocycles. The molecule has 1 aromatic heterocycles. The van der Waals surface area contributed by atoms with Crippen molar-refractivity contribution in [3.05, 3.63) is 46.2 Å². The van der Waals surface area contributed by atoms with Gasteiger partial charge in [-0.3, -0.25) is 4.79 Å². The zero-order valence-corrected chi connectivity index (χ0v) is 10.4. The average molecular weight is 284 g/mol. The van der Waals surface area contributed by atoms with E-state index >= 15 is 0 Å². The van der Waals surface area contributed by atoms with E-state index in [0.717, 1.165) is 0 Å². The van der Waals surface area contributed by atoms with Crippen molar-refractivity contribution in [2.24, 2.45) is 0 Å². The van der Waals surface area contributed by atoms with Gasteiger partial charge in [0, 0.05) is 5.69 Å². The predicted octanol–water partition coefficient (Wildman–Crippen LogP) is 2.74. The van der Waals surface area contributed by atoms with E-state index in [4.69, 9.17) is 23.2 Å². The third kappa shape index (κ3) is 2.69. The summed E-state index contributed by atoms with van der Waals surface area (Å²) >= 11 is 11.5. The fourth-order valence-corrected chi connectivity index (χ4v) is 1.75. The van der Waals surface area contributed by atoms with Gasteiger partial charge in [0.05, 0.1) is 28.0 Å². The number of nitrogens with zero attached hydrogens (tertiary/aromatic N) is 2. The molecule has 1 aromatic carbocycles. The molecule has 1 heterocycles. The van der Waals surface area contributed by atoms with Crippen molar-refractivity contribution in [1.29, 1.82) is 0 Å². The summed E-state index contributed by atoms with van der Waals surface area (Å²) in [5, 5.41) is 19.3. The molecule has 18 heavy (non-hydrogen) atoms. The lowest BCUT2D eigenvalue weighted by Crippen LogP contribution is -2.12. The number of benzene rings is 1. The highest BCUT2D eigenvalue weighted by Crippen LogP contribution is 2.34. The quantitative estimate of drug-likeness (QED) is 0.831. The number of halogens is 2. The smallest absolute Gasteiger partial charge is 0.257 e. The van der Waals surface area contributed by atoms with Gasteiger partial charge >= 0.3 is 0 Å². The van der Waals surface area contributed by atoms with Gasteiger partial charge in [0.2, 0.25) is 0 Å². The lowest BCUT2D eigenvalue weighted by molar-refractivity contribution is 0.102. The second-order valence-electron chi connectivity index (χ2n) is 3.37. The zero-order valence-electron chi connectivity index (χ0n) is 8.89. The first kappa shape index (κ1) is 12.6. The van der Waals surface area contributed by atoms with Gasteiger partial charge in [-0.15, -0.1) is 0 Å². The number of hydrogen-bond donors (Lipinski definition) is 2. The molecule has 2 aromatic rings. The number of phenols is 1. The summed E-state index contributed by atoms with van der Waals surface area (Å²) < 4.78 is 0. The Balaban J connectivity index is 2.23. The first-order chi connectivity index (χ1) is 8.58. The van der Waals surface area contributed by atoms with E-state index < -0.39 is 0 Å². The standard InChI is InChI=1S/C11H7Cl2N3O2/c12-8-3-7(4-9(13)10(8)17)16-11(18)6-1-2-14-15-5-6/h1-5,17H,(H,16,18). The molecule has 0 bridgehead atoms. The number of rotatable bonds is 2. The summed E-state index contributed by atoms with van der Waals surface area (Å²) in [6.07, 6.45) is 2.74. The van der Waals surface area contributed by atoms with Crippen molar-refractivity contribution in [2.45, 2.75) is 0 Å². The van der Waals surface area contributed by atoms with Gasteiger partial charge in [0.25, 0.3) is 5.91 Å². The monoisotopic (exact) mass is 283 g/mol. The molecule has 2 rings (SSSR count). The summed E-state index contributed by atoms with van der Waals surface area (Å²) in [6.45, 7) is 0. The van der Waals surface area contributed by atoms with Crippen LogP contribution in [-0.2, 0) is 0 Å². The van der Waals surface area contributed by atoms with Crippen molar-refractivity contribution in [2.75, 3.05) is 5.32 Å². The van der Waals surface area contributed by atoms with Gasteiger partial charge < -0.3 is 10.4 Å². The number of anilines is 1. The minimum absolute atomic E-state index is 0.0608. The van der Waals surface area contributed by atoms with E-state index in [1.807, 2.05) is 0 Å². The first-order valence-corrected chi connectivity index (χ1v) is 5.59. The van der Waals surface area contributed by atoms with Crippen LogP contribution in [-0.4, -0.2) is 21.2 Å². The SMILES string of the molecule is O=C(Nc1cc(Cl)c(O)c(Cl)c1)c1ccnnc1. The van der Waals surface area contributed by atoms with Crippen LogP contribution in [0.2, 0.25) is 10.0 Å². The van der Waals surface area contributed by atoms with Gasteiger partial charge in [-0.2, -0.15) is 10.2 Å². The van der Waals surface area contributed by atoms with Crippen LogP contribution in [0.3, 0.4) is 0 Å². The fraction of sp³-hybridized carbons (Fsp3) is 0. The van der Waals surface area contributed by atoms with Crippen LogP contribution in [0.15, 0.2) is 30.6 Å². The van der Waals surface area contributed by atoms with Crippen LogP contribution >= 0.6 is 23.2 Å². The topological polar surface area (TPSA) is 75.1 Å². The molecule has 2 N–H and O–H groups in total.